The van der Waals surface area contributed by atoms with Gasteiger partial charge in [-0.2, -0.15) is 5.26 Å². The van der Waals surface area contributed by atoms with Crippen molar-refractivity contribution >= 4 is 5.69 Å². The fourth-order valence-corrected chi connectivity index (χ4v) is 2.70. The molecule has 0 aliphatic carbocycles. The summed E-state index contributed by atoms with van der Waals surface area (Å²) in [5.74, 6) is 0. The van der Waals surface area contributed by atoms with Gasteiger partial charge in [-0.1, -0.05) is 0 Å². The van der Waals surface area contributed by atoms with Crippen LogP contribution in [0.4, 0.5) is 5.69 Å². The van der Waals surface area contributed by atoms with Crippen molar-refractivity contribution in [2.75, 3.05) is 32.1 Å². The van der Waals surface area contributed by atoms with Crippen molar-refractivity contribution in [3.8, 4) is 6.07 Å². The van der Waals surface area contributed by atoms with Gasteiger partial charge >= 0.3 is 0 Å². The summed E-state index contributed by atoms with van der Waals surface area (Å²) >= 11 is 0. The highest BCUT2D eigenvalue weighted by Gasteiger charge is 2.21. The second-order valence-corrected chi connectivity index (χ2v) is 5.29. The molecule has 1 aromatic rings. The lowest BCUT2D eigenvalue weighted by Crippen LogP contribution is -2.42. The third kappa shape index (κ3) is 2.65. The fourth-order valence-electron chi connectivity index (χ4n) is 2.70. The summed E-state index contributed by atoms with van der Waals surface area (Å²) < 4.78 is 0. The van der Waals surface area contributed by atoms with E-state index in [0.717, 1.165) is 18.7 Å². The number of piperidine rings is 1. The third-order valence-corrected chi connectivity index (χ3v) is 3.86. The van der Waals surface area contributed by atoms with Crippen molar-refractivity contribution in [3.05, 3.63) is 29.3 Å². The Morgan fingerprint density at radius 3 is 2.44 bits per heavy atom. The second kappa shape index (κ2) is 5.41. The zero-order valence-corrected chi connectivity index (χ0v) is 11.5. The maximum atomic E-state index is 8.89. The zero-order chi connectivity index (χ0) is 13.1. The summed E-state index contributed by atoms with van der Waals surface area (Å²) in [6, 6.07) is 8.89. The average Bonchev–Trinajstić information content (AvgIpc) is 2.38. The van der Waals surface area contributed by atoms with E-state index in [2.05, 4.69) is 43.0 Å². The maximum Gasteiger partial charge on any atom is 0.0991 e. The topological polar surface area (TPSA) is 30.3 Å². The number of benzene rings is 1. The molecule has 0 N–H and O–H groups in total. The van der Waals surface area contributed by atoms with Gasteiger partial charge in [0.2, 0.25) is 0 Å². The molecule has 0 amide bonds. The van der Waals surface area contributed by atoms with Crippen LogP contribution >= 0.6 is 0 Å². The molecule has 1 heterocycles. The molecule has 1 aliphatic rings. The standard InChI is InChI=1S/C15H21N3/c1-12-10-13(11-16)4-5-15(12)18-8-6-14(7-9-18)17(2)3/h4-5,10,14H,6-9H2,1-3H3. The van der Waals surface area contributed by atoms with Crippen molar-refractivity contribution in [1.29, 1.82) is 5.26 Å². The van der Waals surface area contributed by atoms with Crippen molar-refractivity contribution in [1.82, 2.24) is 4.90 Å². The van der Waals surface area contributed by atoms with Gasteiger partial charge in [0.1, 0.15) is 0 Å². The van der Waals surface area contributed by atoms with E-state index in [4.69, 9.17) is 5.26 Å². The van der Waals surface area contributed by atoms with Gasteiger partial charge in [-0.15, -0.1) is 0 Å². The molecule has 3 heteroatoms. The summed E-state index contributed by atoms with van der Waals surface area (Å²) in [6.45, 7) is 4.30. The largest absolute Gasteiger partial charge is 0.371 e. The quantitative estimate of drug-likeness (QED) is 0.799. The molecule has 1 aliphatic heterocycles. The molecule has 0 aromatic heterocycles. The lowest BCUT2D eigenvalue weighted by atomic mass is 10.0. The van der Waals surface area contributed by atoms with Gasteiger partial charge in [0.15, 0.2) is 0 Å². The van der Waals surface area contributed by atoms with E-state index >= 15 is 0 Å². The Hall–Kier alpha value is -1.53. The molecule has 0 spiro atoms. The van der Waals surface area contributed by atoms with Crippen molar-refractivity contribution in [2.24, 2.45) is 0 Å². The van der Waals surface area contributed by atoms with Gasteiger partial charge in [-0.3, -0.25) is 0 Å². The number of anilines is 1. The lowest BCUT2D eigenvalue weighted by molar-refractivity contribution is 0.249. The molecule has 0 unspecified atom stereocenters. The van der Waals surface area contributed by atoms with Gasteiger partial charge in [-0.05, 0) is 57.6 Å². The Balaban J connectivity index is 2.08. The van der Waals surface area contributed by atoms with Gasteiger partial charge in [-0.25, -0.2) is 0 Å². The van der Waals surface area contributed by atoms with Crippen LogP contribution in [0.15, 0.2) is 18.2 Å². The third-order valence-electron chi connectivity index (χ3n) is 3.86. The van der Waals surface area contributed by atoms with Crippen molar-refractivity contribution in [2.45, 2.75) is 25.8 Å². The van der Waals surface area contributed by atoms with E-state index in [0.29, 0.717) is 6.04 Å². The number of nitrogens with zero attached hydrogens (tertiary/aromatic N) is 3. The number of rotatable bonds is 2. The summed E-state index contributed by atoms with van der Waals surface area (Å²) in [5, 5.41) is 8.89. The number of aryl methyl sites for hydroxylation is 1. The Kier molecular flexibility index (Phi) is 3.88. The van der Waals surface area contributed by atoms with E-state index < -0.39 is 0 Å². The minimum atomic E-state index is 0.708. The predicted molar refractivity (Wildman–Crippen MR) is 74.8 cm³/mol. The summed E-state index contributed by atoms with van der Waals surface area (Å²) in [5.41, 5.74) is 3.24. The van der Waals surface area contributed by atoms with Crippen LogP contribution in [0.1, 0.15) is 24.0 Å². The first-order valence-electron chi connectivity index (χ1n) is 6.54. The lowest BCUT2D eigenvalue weighted by Gasteiger charge is -2.37. The highest BCUT2D eigenvalue weighted by Crippen LogP contribution is 2.25. The molecule has 1 aromatic carbocycles. The molecule has 1 fully saturated rings. The van der Waals surface area contributed by atoms with E-state index in [1.54, 1.807) is 0 Å². The van der Waals surface area contributed by atoms with Crippen LogP contribution in [-0.2, 0) is 0 Å². The molecular formula is C15H21N3. The summed E-state index contributed by atoms with van der Waals surface area (Å²) in [6.07, 6.45) is 2.43. The van der Waals surface area contributed by atoms with Gasteiger partial charge in [0.25, 0.3) is 0 Å². The molecule has 2 rings (SSSR count). The van der Waals surface area contributed by atoms with Gasteiger partial charge in [0, 0.05) is 24.8 Å². The number of hydrogen-bond acceptors (Lipinski definition) is 3. The molecule has 18 heavy (non-hydrogen) atoms. The Morgan fingerprint density at radius 1 is 1.28 bits per heavy atom. The number of nitriles is 1. The van der Waals surface area contributed by atoms with Crippen LogP contribution in [0.3, 0.4) is 0 Å². The molecule has 0 saturated carbocycles. The molecule has 0 bridgehead atoms. The van der Waals surface area contributed by atoms with E-state index in [9.17, 15) is 0 Å². The van der Waals surface area contributed by atoms with Gasteiger partial charge < -0.3 is 9.80 Å². The zero-order valence-electron chi connectivity index (χ0n) is 11.5. The SMILES string of the molecule is Cc1cc(C#N)ccc1N1CCC(N(C)C)CC1. The van der Waals surface area contributed by atoms with Crippen molar-refractivity contribution in [3.63, 3.8) is 0 Å². The van der Waals surface area contributed by atoms with Crippen LogP contribution in [0.5, 0.6) is 0 Å². The van der Waals surface area contributed by atoms with E-state index in [1.165, 1.54) is 24.1 Å². The average molecular weight is 243 g/mol. The van der Waals surface area contributed by atoms with Crippen LogP contribution in [0.2, 0.25) is 0 Å². The minimum absolute atomic E-state index is 0.708. The van der Waals surface area contributed by atoms with Crippen molar-refractivity contribution < 1.29 is 0 Å². The molecule has 0 radical (unpaired) electrons. The predicted octanol–water partition coefficient (Wildman–Crippen LogP) is 2.40. The summed E-state index contributed by atoms with van der Waals surface area (Å²) in [7, 11) is 4.32. The highest BCUT2D eigenvalue weighted by molar-refractivity contribution is 5.56. The Bertz CT molecular complexity index is 451. The van der Waals surface area contributed by atoms with Crippen LogP contribution in [0, 0.1) is 18.3 Å². The normalized spacial score (nSPS) is 16.9. The second-order valence-electron chi connectivity index (χ2n) is 5.29. The first kappa shape index (κ1) is 12.9. The molecule has 3 nitrogen and oxygen atoms in total. The first-order valence-corrected chi connectivity index (χ1v) is 6.54. The minimum Gasteiger partial charge on any atom is -0.371 e. The van der Waals surface area contributed by atoms with Crippen LogP contribution in [0.25, 0.3) is 0 Å². The van der Waals surface area contributed by atoms with Gasteiger partial charge in [0.05, 0.1) is 11.6 Å². The Labute approximate surface area is 110 Å². The van der Waals surface area contributed by atoms with E-state index in [-0.39, 0.29) is 0 Å². The van der Waals surface area contributed by atoms with Crippen LogP contribution in [-0.4, -0.2) is 38.1 Å². The fraction of sp³-hybridized carbons (Fsp3) is 0.533. The smallest absolute Gasteiger partial charge is 0.0991 e. The molecular weight excluding hydrogens is 222 g/mol. The highest BCUT2D eigenvalue weighted by atomic mass is 15.2. The molecule has 1 saturated heterocycles. The summed E-state index contributed by atoms with van der Waals surface area (Å²) in [4.78, 5) is 4.76. The van der Waals surface area contributed by atoms with Crippen LogP contribution < -0.4 is 4.90 Å². The first-order chi connectivity index (χ1) is 8.61. The molecule has 96 valence electrons. The molecule has 0 atom stereocenters. The maximum absolute atomic E-state index is 8.89. The van der Waals surface area contributed by atoms with E-state index in [1.807, 2.05) is 12.1 Å². The number of hydrogen-bond donors (Lipinski definition) is 0. The monoisotopic (exact) mass is 243 g/mol. The Morgan fingerprint density at radius 2 is 1.94 bits per heavy atom.